The minimum atomic E-state index is -0.360. The van der Waals surface area contributed by atoms with E-state index in [4.69, 9.17) is 28.9 Å². The fourth-order valence-electron chi connectivity index (χ4n) is 1.78. The number of anilines is 2. The predicted octanol–water partition coefficient (Wildman–Crippen LogP) is 4.90. The van der Waals surface area contributed by atoms with Crippen LogP contribution in [0.25, 0.3) is 0 Å². The number of amides is 1. The minimum absolute atomic E-state index is 0.185. The molecule has 0 atom stereocenters. The molecule has 2 aromatic rings. The number of nitrogens with one attached hydrogen (secondary N) is 1. The van der Waals surface area contributed by atoms with Crippen molar-refractivity contribution in [2.24, 2.45) is 0 Å². The second kappa shape index (κ2) is 6.04. The van der Waals surface area contributed by atoms with Crippen molar-refractivity contribution in [3.05, 3.63) is 56.0 Å². The van der Waals surface area contributed by atoms with Crippen molar-refractivity contribution in [1.82, 2.24) is 0 Å². The van der Waals surface area contributed by atoms with Crippen molar-refractivity contribution < 1.29 is 4.79 Å². The number of nitrogens with two attached hydrogens (primary N) is 1. The summed E-state index contributed by atoms with van der Waals surface area (Å²) in [4.78, 5) is 12.2. The lowest BCUT2D eigenvalue weighted by Gasteiger charge is -2.10. The Labute approximate surface area is 135 Å². The fourth-order valence-corrected chi connectivity index (χ4v) is 2.81. The number of carbonyl (C=O) groups excluding carboxylic acids is 1. The predicted molar refractivity (Wildman–Crippen MR) is 87.7 cm³/mol. The van der Waals surface area contributed by atoms with E-state index in [2.05, 4.69) is 21.2 Å². The maximum absolute atomic E-state index is 12.2. The Bertz CT molecular complexity index is 669. The molecule has 0 fully saturated rings. The lowest BCUT2D eigenvalue weighted by molar-refractivity contribution is 0.102. The molecule has 2 rings (SSSR count). The molecule has 0 saturated heterocycles. The van der Waals surface area contributed by atoms with E-state index in [9.17, 15) is 4.79 Å². The summed E-state index contributed by atoms with van der Waals surface area (Å²) in [5.41, 5.74) is 7.99. The lowest BCUT2D eigenvalue weighted by atomic mass is 10.1. The fraction of sp³-hybridized carbons (Fsp3) is 0.0714. The van der Waals surface area contributed by atoms with Gasteiger partial charge >= 0.3 is 0 Å². The van der Waals surface area contributed by atoms with E-state index in [1.54, 1.807) is 6.07 Å². The molecule has 2 aromatic carbocycles. The van der Waals surface area contributed by atoms with Gasteiger partial charge in [0.1, 0.15) is 0 Å². The van der Waals surface area contributed by atoms with Gasteiger partial charge in [-0.1, -0.05) is 39.1 Å². The van der Waals surface area contributed by atoms with E-state index in [1.165, 1.54) is 12.1 Å². The number of aryl methyl sites for hydroxylation is 1. The van der Waals surface area contributed by atoms with E-state index in [0.717, 1.165) is 10.0 Å². The van der Waals surface area contributed by atoms with Crippen LogP contribution < -0.4 is 11.1 Å². The third-order valence-electron chi connectivity index (χ3n) is 2.60. The highest BCUT2D eigenvalue weighted by molar-refractivity contribution is 9.10. The average Bonchev–Trinajstić information content (AvgIpc) is 2.32. The largest absolute Gasteiger partial charge is 0.399 e. The molecule has 0 radical (unpaired) electrons. The third-order valence-corrected chi connectivity index (χ3v) is 3.86. The zero-order valence-corrected chi connectivity index (χ0v) is 13.6. The summed E-state index contributed by atoms with van der Waals surface area (Å²) in [5.74, 6) is -0.360. The Morgan fingerprint density at radius 1 is 1.20 bits per heavy atom. The Hall–Kier alpha value is -1.23. The van der Waals surface area contributed by atoms with Gasteiger partial charge in [-0.3, -0.25) is 4.79 Å². The number of hydrogen-bond donors (Lipinski definition) is 2. The van der Waals surface area contributed by atoms with Crippen LogP contribution in [0.5, 0.6) is 0 Å². The van der Waals surface area contributed by atoms with Gasteiger partial charge in [-0.2, -0.15) is 0 Å². The van der Waals surface area contributed by atoms with Crippen LogP contribution in [-0.4, -0.2) is 5.91 Å². The van der Waals surface area contributed by atoms with Gasteiger partial charge in [0.15, 0.2) is 0 Å². The minimum Gasteiger partial charge on any atom is -0.399 e. The molecule has 0 aromatic heterocycles. The molecule has 0 unspecified atom stereocenters. The summed E-state index contributed by atoms with van der Waals surface area (Å²) in [6.45, 7) is 1.94. The first-order valence-electron chi connectivity index (χ1n) is 5.70. The molecule has 0 heterocycles. The van der Waals surface area contributed by atoms with Gasteiger partial charge in [0, 0.05) is 15.8 Å². The lowest BCUT2D eigenvalue weighted by Crippen LogP contribution is -2.13. The molecular formula is C14H11BrCl2N2O. The van der Waals surface area contributed by atoms with E-state index >= 15 is 0 Å². The highest BCUT2D eigenvalue weighted by atomic mass is 79.9. The number of nitrogen functional groups attached to an aromatic ring is 1. The zero-order valence-electron chi connectivity index (χ0n) is 10.5. The molecule has 0 bridgehead atoms. The van der Waals surface area contributed by atoms with Crippen molar-refractivity contribution in [3.8, 4) is 0 Å². The van der Waals surface area contributed by atoms with Crippen molar-refractivity contribution in [1.29, 1.82) is 0 Å². The summed E-state index contributed by atoms with van der Waals surface area (Å²) >= 11 is 15.3. The van der Waals surface area contributed by atoms with Crippen LogP contribution >= 0.6 is 39.1 Å². The summed E-state index contributed by atoms with van der Waals surface area (Å²) in [6.07, 6.45) is 0. The average molecular weight is 374 g/mol. The topological polar surface area (TPSA) is 55.1 Å². The molecule has 0 spiro atoms. The Kier molecular flexibility index (Phi) is 4.58. The third kappa shape index (κ3) is 3.45. The molecule has 0 aliphatic rings. The molecule has 6 heteroatoms. The van der Waals surface area contributed by atoms with E-state index in [0.29, 0.717) is 11.4 Å². The first-order chi connectivity index (χ1) is 9.36. The molecule has 3 nitrogen and oxygen atoms in total. The Balaban J connectivity index is 2.33. The van der Waals surface area contributed by atoms with Gasteiger partial charge in [-0.15, -0.1) is 0 Å². The second-order valence-electron chi connectivity index (χ2n) is 4.34. The van der Waals surface area contributed by atoms with Crippen molar-refractivity contribution in [3.63, 3.8) is 0 Å². The van der Waals surface area contributed by atoms with Crippen LogP contribution in [-0.2, 0) is 0 Å². The maximum Gasteiger partial charge on any atom is 0.257 e. The van der Waals surface area contributed by atoms with Crippen LogP contribution in [0.3, 0.4) is 0 Å². The first-order valence-corrected chi connectivity index (χ1v) is 7.25. The number of halogens is 3. The molecule has 0 aliphatic carbocycles. The number of benzene rings is 2. The van der Waals surface area contributed by atoms with Gasteiger partial charge in [0.05, 0.1) is 15.6 Å². The summed E-state index contributed by atoms with van der Waals surface area (Å²) in [6, 6.07) is 8.59. The van der Waals surface area contributed by atoms with E-state index in [1.807, 2.05) is 19.1 Å². The van der Waals surface area contributed by atoms with Crippen LogP contribution in [0.2, 0.25) is 10.0 Å². The van der Waals surface area contributed by atoms with Gasteiger partial charge in [0.25, 0.3) is 5.91 Å². The highest BCUT2D eigenvalue weighted by Crippen LogP contribution is 2.29. The van der Waals surface area contributed by atoms with E-state index in [-0.39, 0.29) is 21.5 Å². The van der Waals surface area contributed by atoms with Gasteiger partial charge in [-0.25, -0.2) is 0 Å². The second-order valence-corrected chi connectivity index (χ2v) is 6.04. The molecule has 0 aliphatic heterocycles. The Morgan fingerprint density at radius 3 is 2.55 bits per heavy atom. The summed E-state index contributed by atoms with van der Waals surface area (Å²) in [5, 5.41) is 3.20. The highest BCUT2D eigenvalue weighted by Gasteiger charge is 2.14. The monoisotopic (exact) mass is 372 g/mol. The maximum atomic E-state index is 12.2. The van der Waals surface area contributed by atoms with Crippen LogP contribution in [0.1, 0.15) is 15.9 Å². The van der Waals surface area contributed by atoms with Crippen molar-refractivity contribution in [2.75, 3.05) is 11.1 Å². The van der Waals surface area contributed by atoms with Gasteiger partial charge in [0.2, 0.25) is 0 Å². The molecule has 104 valence electrons. The molecule has 20 heavy (non-hydrogen) atoms. The van der Waals surface area contributed by atoms with E-state index < -0.39 is 0 Å². The van der Waals surface area contributed by atoms with Crippen molar-refractivity contribution >= 4 is 56.4 Å². The zero-order chi connectivity index (χ0) is 14.9. The van der Waals surface area contributed by atoms with Crippen LogP contribution in [0, 0.1) is 6.92 Å². The van der Waals surface area contributed by atoms with Crippen LogP contribution in [0.15, 0.2) is 34.8 Å². The molecule has 0 saturated carbocycles. The normalized spacial score (nSPS) is 10.4. The molecular weight excluding hydrogens is 363 g/mol. The molecule has 3 N–H and O–H groups in total. The molecule has 1 amide bonds. The standard InChI is InChI=1S/C14H11BrCl2N2O/c1-7-2-8(15)4-10(3-7)19-14(20)11-5-9(18)6-12(16)13(11)17/h2-6H,18H2,1H3,(H,19,20). The van der Waals surface area contributed by atoms with Gasteiger partial charge < -0.3 is 11.1 Å². The summed E-state index contributed by atoms with van der Waals surface area (Å²) < 4.78 is 0.879. The van der Waals surface area contributed by atoms with Crippen molar-refractivity contribution in [2.45, 2.75) is 6.92 Å². The first kappa shape index (κ1) is 15.2. The number of carbonyl (C=O) groups is 1. The SMILES string of the molecule is Cc1cc(Br)cc(NC(=O)c2cc(N)cc(Cl)c2Cl)c1. The quantitative estimate of drug-likeness (QED) is 0.735. The van der Waals surface area contributed by atoms with Gasteiger partial charge in [-0.05, 0) is 42.8 Å². The Morgan fingerprint density at radius 2 is 1.90 bits per heavy atom. The number of hydrogen-bond acceptors (Lipinski definition) is 2. The summed E-state index contributed by atoms with van der Waals surface area (Å²) in [7, 11) is 0. The number of rotatable bonds is 2. The smallest absolute Gasteiger partial charge is 0.257 e. The van der Waals surface area contributed by atoms with Crippen LogP contribution in [0.4, 0.5) is 11.4 Å².